The summed E-state index contributed by atoms with van der Waals surface area (Å²) in [7, 11) is 0. The number of anilines is 1. The van der Waals surface area contributed by atoms with Crippen LogP contribution in [-0.2, 0) is 11.2 Å². The van der Waals surface area contributed by atoms with Crippen LogP contribution in [0.5, 0.6) is 0 Å². The zero-order chi connectivity index (χ0) is 16.9. The van der Waals surface area contributed by atoms with Crippen molar-refractivity contribution in [3.8, 4) is 11.4 Å². The van der Waals surface area contributed by atoms with E-state index in [1.807, 2.05) is 31.2 Å². The first kappa shape index (κ1) is 16.2. The van der Waals surface area contributed by atoms with Gasteiger partial charge in [0.05, 0.1) is 0 Å². The van der Waals surface area contributed by atoms with Gasteiger partial charge in [0, 0.05) is 29.1 Å². The molecule has 0 atom stereocenters. The lowest BCUT2D eigenvalue weighted by molar-refractivity contribution is -0.116. The lowest BCUT2D eigenvalue weighted by Gasteiger charge is -2.03. The predicted molar refractivity (Wildman–Crippen MR) is 92.9 cm³/mol. The number of halogens is 1. The first-order valence-corrected chi connectivity index (χ1v) is 7.93. The summed E-state index contributed by atoms with van der Waals surface area (Å²) in [6, 6.07) is 14.8. The molecule has 2 aromatic carbocycles. The third kappa shape index (κ3) is 4.20. The standard InChI is InChI=1S/C18H16ClN3O2/c1-12-2-4-13(5-3-12)18-21-17(24-22-18)11-10-16(23)20-15-8-6-14(19)7-9-15/h2-9H,10-11H2,1H3,(H,20,23). The van der Waals surface area contributed by atoms with E-state index in [9.17, 15) is 4.79 Å². The molecule has 0 unspecified atom stereocenters. The fraction of sp³-hybridized carbons (Fsp3) is 0.167. The van der Waals surface area contributed by atoms with Crippen molar-refractivity contribution in [3.05, 3.63) is 65.0 Å². The monoisotopic (exact) mass is 341 g/mol. The second-order valence-electron chi connectivity index (χ2n) is 5.43. The number of carbonyl (C=O) groups excluding carboxylic acids is 1. The first-order valence-electron chi connectivity index (χ1n) is 7.55. The van der Waals surface area contributed by atoms with Crippen molar-refractivity contribution >= 4 is 23.2 Å². The maximum atomic E-state index is 12.0. The minimum absolute atomic E-state index is 0.118. The second kappa shape index (κ2) is 7.27. The molecule has 6 heteroatoms. The number of hydrogen-bond acceptors (Lipinski definition) is 4. The Labute approximate surface area is 144 Å². The molecule has 1 aromatic heterocycles. The largest absolute Gasteiger partial charge is 0.339 e. The first-order chi connectivity index (χ1) is 11.6. The minimum Gasteiger partial charge on any atom is -0.339 e. The zero-order valence-electron chi connectivity index (χ0n) is 13.1. The highest BCUT2D eigenvalue weighted by molar-refractivity contribution is 6.30. The summed E-state index contributed by atoms with van der Waals surface area (Å²) < 4.78 is 5.21. The van der Waals surface area contributed by atoms with Crippen LogP contribution in [0.2, 0.25) is 5.02 Å². The van der Waals surface area contributed by atoms with Crippen LogP contribution in [-0.4, -0.2) is 16.0 Å². The number of benzene rings is 2. The fourth-order valence-corrected chi connectivity index (χ4v) is 2.28. The number of rotatable bonds is 5. The quantitative estimate of drug-likeness (QED) is 0.752. The Morgan fingerprint density at radius 3 is 2.54 bits per heavy atom. The van der Waals surface area contributed by atoms with Gasteiger partial charge in [0.25, 0.3) is 0 Å². The molecule has 122 valence electrons. The highest BCUT2D eigenvalue weighted by atomic mass is 35.5. The Bertz CT molecular complexity index is 826. The van der Waals surface area contributed by atoms with Crippen LogP contribution in [0.4, 0.5) is 5.69 Å². The molecule has 1 amide bonds. The Hall–Kier alpha value is -2.66. The number of hydrogen-bond donors (Lipinski definition) is 1. The lowest BCUT2D eigenvalue weighted by Crippen LogP contribution is -2.12. The van der Waals surface area contributed by atoms with E-state index < -0.39 is 0 Å². The molecule has 24 heavy (non-hydrogen) atoms. The Kier molecular flexibility index (Phi) is 4.91. The molecule has 0 fully saturated rings. The SMILES string of the molecule is Cc1ccc(-c2noc(CCC(=O)Nc3ccc(Cl)cc3)n2)cc1. The van der Waals surface area contributed by atoms with Gasteiger partial charge in [-0.05, 0) is 31.2 Å². The van der Waals surface area contributed by atoms with E-state index in [4.69, 9.17) is 16.1 Å². The molecule has 0 bridgehead atoms. The summed E-state index contributed by atoms with van der Waals surface area (Å²) in [5.74, 6) is 0.854. The summed E-state index contributed by atoms with van der Waals surface area (Å²) in [5.41, 5.74) is 2.76. The molecule has 0 spiro atoms. The van der Waals surface area contributed by atoms with Gasteiger partial charge < -0.3 is 9.84 Å². The van der Waals surface area contributed by atoms with Gasteiger partial charge in [-0.25, -0.2) is 0 Å². The van der Waals surface area contributed by atoms with Gasteiger partial charge >= 0.3 is 0 Å². The van der Waals surface area contributed by atoms with Crippen molar-refractivity contribution in [2.75, 3.05) is 5.32 Å². The topological polar surface area (TPSA) is 68.0 Å². The van der Waals surface area contributed by atoms with E-state index in [0.717, 1.165) is 5.56 Å². The molecule has 0 saturated heterocycles. The van der Waals surface area contributed by atoms with Gasteiger partial charge in [-0.2, -0.15) is 4.98 Å². The molecule has 0 saturated carbocycles. The molecule has 0 aliphatic rings. The molecule has 5 nitrogen and oxygen atoms in total. The van der Waals surface area contributed by atoms with Crippen molar-refractivity contribution in [2.24, 2.45) is 0 Å². The van der Waals surface area contributed by atoms with Crippen molar-refractivity contribution in [1.29, 1.82) is 0 Å². The summed E-state index contributed by atoms with van der Waals surface area (Å²) in [5, 5.41) is 7.38. The zero-order valence-corrected chi connectivity index (χ0v) is 13.9. The molecule has 0 radical (unpaired) electrons. The van der Waals surface area contributed by atoms with E-state index >= 15 is 0 Å². The van der Waals surface area contributed by atoms with E-state index in [-0.39, 0.29) is 12.3 Å². The van der Waals surface area contributed by atoms with Crippen molar-refractivity contribution in [3.63, 3.8) is 0 Å². The number of nitrogens with one attached hydrogen (secondary N) is 1. The summed E-state index contributed by atoms with van der Waals surface area (Å²) in [6.07, 6.45) is 0.649. The number of amides is 1. The highest BCUT2D eigenvalue weighted by Gasteiger charge is 2.11. The maximum Gasteiger partial charge on any atom is 0.227 e. The van der Waals surface area contributed by atoms with Crippen molar-refractivity contribution in [1.82, 2.24) is 10.1 Å². The number of carbonyl (C=O) groups is 1. The molecule has 3 rings (SSSR count). The van der Waals surface area contributed by atoms with E-state index in [2.05, 4.69) is 15.5 Å². The average Bonchev–Trinajstić information content (AvgIpc) is 3.05. The molecular weight excluding hydrogens is 326 g/mol. The number of nitrogens with zero attached hydrogens (tertiary/aromatic N) is 2. The van der Waals surface area contributed by atoms with Crippen molar-refractivity contribution in [2.45, 2.75) is 19.8 Å². The molecule has 1 heterocycles. The van der Waals surface area contributed by atoms with Gasteiger partial charge in [-0.15, -0.1) is 0 Å². The van der Waals surface area contributed by atoms with E-state index in [1.165, 1.54) is 5.56 Å². The second-order valence-corrected chi connectivity index (χ2v) is 5.87. The van der Waals surface area contributed by atoms with E-state index in [1.54, 1.807) is 24.3 Å². The van der Waals surface area contributed by atoms with Crippen LogP contribution in [0.1, 0.15) is 17.9 Å². The third-order valence-corrected chi connectivity index (χ3v) is 3.72. The van der Waals surface area contributed by atoms with Gasteiger partial charge in [0.2, 0.25) is 17.6 Å². The predicted octanol–water partition coefficient (Wildman–Crippen LogP) is 4.27. The van der Waals surface area contributed by atoms with Crippen LogP contribution >= 0.6 is 11.6 Å². The van der Waals surface area contributed by atoms with Gasteiger partial charge in [-0.1, -0.05) is 46.6 Å². The Morgan fingerprint density at radius 1 is 1.12 bits per heavy atom. The number of aryl methyl sites for hydroxylation is 2. The van der Waals surface area contributed by atoms with Crippen LogP contribution in [0.3, 0.4) is 0 Å². The fourth-order valence-electron chi connectivity index (χ4n) is 2.15. The minimum atomic E-state index is -0.118. The van der Waals surface area contributed by atoms with Gasteiger partial charge in [0.1, 0.15) is 0 Å². The van der Waals surface area contributed by atoms with Crippen LogP contribution in [0.15, 0.2) is 53.1 Å². The average molecular weight is 342 g/mol. The smallest absolute Gasteiger partial charge is 0.227 e. The summed E-state index contributed by atoms with van der Waals surface area (Å²) >= 11 is 5.81. The van der Waals surface area contributed by atoms with Crippen LogP contribution in [0, 0.1) is 6.92 Å². The highest BCUT2D eigenvalue weighted by Crippen LogP contribution is 2.17. The van der Waals surface area contributed by atoms with Crippen LogP contribution in [0.25, 0.3) is 11.4 Å². The molecular formula is C18H16ClN3O2. The molecule has 3 aromatic rings. The Morgan fingerprint density at radius 2 is 1.83 bits per heavy atom. The lowest BCUT2D eigenvalue weighted by atomic mass is 10.1. The third-order valence-electron chi connectivity index (χ3n) is 3.47. The number of aromatic nitrogens is 2. The summed E-state index contributed by atoms with van der Waals surface area (Å²) in [4.78, 5) is 16.3. The molecule has 0 aliphatic carbocycles. The molecule has 1 N–H and O–H groups in total. The maximum absolute atomic E-state index is 12.0. The van der Waals surface area contributed by atoms with Crippen molar-refractivity contribution < 1.29 is 9.32 Å². The summed E-state index contributed by atoms with van der Waals surface area (Å²) in [6.45, 7) is 2.02. The Balaban J connectivity index is 1.56. The van der Waals surface area contributed by atoms with Gasteiger partial charge in [0.15, 0.2) is 0 Å². The molecule has 0 aliphatic heterocycles. The van der Waals surface area contributed by atoms with Crippen LogP contribution < -0.4 is 5.32 Å². The van der Waals surface area contributed by atoms with E-state index in [0.29, 0.717) is 28.8 Å². The normalized spacial score (nSPS) is 10.6. The van der Waals surface area contributed by atoms with Gasteiger partial charge in [-0.3, -0.25) is 4.79 Å².